The molecule has 1 aliphatic rings. The molecular formula is C12H12N2O3. The van der Waals surface area contributed by atoms with Crippen molar-refractivity contribution in [1.82, 2.24) is 0 Å². The quantitative estimate of drug-likeness (QED) is 0.723. The van der Waals surface area contributed by atoms with Crippen LogP contribution in [0.3, 0.4) is 0 Å². The first-order valence-corrected chi connectivity index (χ1v) is 5.26. The van der Waals surface area contributed by atoms with Crippen molar-refractivity contribution in [1.29, 1.82) is 0 Å². The van der Waals surface area contributed by atoms with Crippen LogP contribution in [-0.4, -0.2) is 24.7 Å². The van der Waals surface area contributed by atoms with Gasteiger partial charge in [0.15, 0.2) is 0 Å². The van der Waals surface area contributed by atoms with E-state index in [0.717, 1.165) is 0 Å². The van der Waals surface area contributed by atoms with E-state index in [1.807, 2.05) is 18.2 Å². The summed E-state index contributed by atoms with van der Waals surface area (Å²) in [5.74, 6) is -0.609. The van der Waals surface area contributed by atoms with E-state index in [-0.39, 0.29) is 18.0 Å². The maximum absolute atomic E-state index is 11.7. The fourth-order valence-corrected chi connectivity index (χ4v) is 1.59. The minimum atomic E-state index is -0.488. The van der Waals surface area contributed by atoms with Gasteiger partial charge in [0, 0.05) is 12.8 Å². The second-order valence-corrected chi connectivity index (χ2v) is 3.58. The van der Waals surface area contributed by atoms with Crippen molar-refractivity contribution in [3.63, 3.8) is 0 Å². The lowest BCUT2D eigenvalue weighted by Gasteiger charge is -2.22. The lowest BCUT2D eigenvalue weighted by molar-refractivity contribution is -0.132. The van der Waals surface area contributed by atoms with E-state index in [2.05, 4.69) is 9.84 Å². The summed E-state index contributed by atoms with van der Waals surface area (Å²) in [7, 11) is 1.30. The first kappa shape index (κ1) is 11.3. The SMILES string of the molecule is COC(=O)C1=NN(c2ccccc2)C(=O)CC1. The average molecular weight is 232 g/mol. The Morgan fingerprint density at radius 2 is 2.00 bits per heavy atom. The van der Waals surface area contributed by atoms with E-state index in [1.54, 1.807) is 12.1 Å². The highest BCUT2D eigenvalue weighted by molar-refractivity contribution is 6.37. The van der Waals surface area contributed by atoms with Crippen molar-refractivity contribution in [2.75, 3.05) is 12.1 Å². The number of para-hydroxylation sites is 1. The molecule has 0 aliphatic carbocycles. The molecule has 5 nitrogen and oxygen atoms in total. The Kier molecular flexibility index (Phi) is 3.18. The lowest BCUT2D eigenvalue weighted by atomic mass is 10.1. The van der Waals surface area contributed by atoms with E-state index < -0.39 is 5.97 Å². The number of methoxy groups -OCH3 is 1. The summed E-state index contributed by atoms with van der Waals surface area (Å²) in [6.07, 6.45) is 0.595. The Labute approximate surface area is 98.7 Å². The average Bonchev–Trinajstić information content (AvgIpc) is 2.39. The van der Waals surface area contributed by atoms with Crippen molar-refractivity contribution in [2.24, 2.45) is 5.10 Å². The highest BCUT2D eigenvalue weighted by Gasteiger charge is 2.25. The summed E-state index contributed by atoms with van der Waals surface area (Å²) >= 11 is 0. The summed E-state index contributed by atoms with van der Waals surface area (Å²) in [5, 5.41) is 5.28. The van der Waals surface area contributed by atoms with Gasteiger partial charge in [0.25, 0.3) is 0 Å². The zero-order valence-corrected chi connectivity index (χ0v) is 9.42. The van der Waals surface area contributed by atoms with Gasteiger partial charge in [0.2, 0.25) is 5.91 Å². The Hall–Kier alpha value is -2.17. The van der Waals surface area contributed by atoms with Crippen LogP contribution >= 0.6 is 0 Å². The first-order chi connectivity index (χ1) is 8.22. The van der Waals surface area contributed by atoms with Crippen LogP contribution in [-0.2, 0) is 14.3 Å². The number of hydrazone groups is 1. The molecule has 1 heterocycles. The molecule has 1 amide bonds. The molecule has 1 aromatic rings. The summed E-state index contributed by atoms with van der Waals surface area (Å²) < 4.78 is 4.60. The molecule has 2 rings (SSSR count). The van der Waals surface area contributed by atoms with Crippen molar-refractivity contribution in [3.8, 4) is 0 Å². The normalized spacial score (nSPS) is 15.5. The van der Waals surface area contributed by atoms with E-state index in [4.69, 9.17) is 0 Å². The predicted octanol–water partition coefficient (Wildman–Crippen LogP) is 1.34. The Balaban J connectivity index is 2.32. The lowest BCUT2D eigenvalue weighted by Crippen LogP contribution is -2.34. The molecule has 88 valence electrons. The maximum atomic E-state index is 11.7. The molecule has 1 aliphatic heterocycles. The fraction of sp³-hybridized carbons (Fsp3) is 0.250. The van der Waals surface area contributed by atoms with Crippen molar-refractivity contribution < 1.29 is 14.3 Å². The van der Waals surface area contributed by atoms with Crippen LogP contribution in [0.25, 0.3) is 0 Å². The molecule has 0 N–H and O–H groups in total. The van der Waals surface area contributed by atoms with E-state index in [0.29, 0.717) is 12.1 Å². The Bertz CT molecular complexity index is 468. The van der Waals surface area contributed by atoms with Crippen LogP contribution in [0.1, 0.15) is 12.8 Å². The number of anilines is 1. The monoisotopic (exact) mass is 232 g/mol. The van der Waals surface area contributed by atoms with Crippen LogP contribution in [0.5, 0.6) is 0 Å². The fourth-order valence-electron chi connectivity index (χ4n) is 1.59. The minimum Gasteiger partial charge on any atom is -0.464 e. The van der Waals surface area contributed by atoms with Gasteiger partial charge in [-0.2, -0.15) is 5.10 Å². The predicted molar refractivity (Wildman–Crippen MR) is 62.6 cm³/mol. The van der Waals surface area contributed by atoms with Crippen molar-refractivity contribution in [3.05, 3.63) is 30.3 Å². The molecule has 0 saturated heterocycles. The summed E-state index contributed by atoms with van der Waals surface area (Å²) in [6.45, 7) is 0. The van der Waals surface area contributed by atoms with Crippen LogP contribution in [0.4, 0.5) is 5.69 Å². The molecule has 0 spiro atoms. The third kappa shape index (κ3) is 2.33. The standard InChI is InChI=1S/C12H12N2O3/c1-17-12(16)10-7-8-11(15)14(13-10)9-5-3-2-4-6-9/h2-6H,7-8H2,1H3. The van der Waals surface area contributed by atoms with Crippen LogP contribution in [0.15, 0.2) is 35.4 Å². The number of carbonyl (C=O) groups is 2. The summed E-state index contributed by atoms with van der Waals surface area (Å²) in [4.78, 5) is 23.1. The molecule has 1 aromatic carbocycles. The van der Waals surface area contributed by atoms with E-state index >= 15 is 0 Å². The van der Waals surface area contributed by atoms with E-state index in [9.17, 15) is 9.59 Å². The van der Waals surface area contributed by atoms with Crippen molar-refractivity contribution >= 4 is 23.3 Å². The molecule has 0 radical (unpaired) electrons. The van der Waals surface area contributed by atoms with Crippen LogP contribution < -0.4 is 5.01 Å². The number of esters is 1. The zero-order chi connectivity index (χ0) is 12.3. The van der Waals surface area contributed by atoms with Crippen molar-refractivity contribution in [2.45, 2.75) is 12.8 Å². The number of ether oxygens (including phenoxy) is 1. The second kappa shape index (κ2) is 4.78. The van der Waals surface area contributed by atoms with E-state index in [1.165, 1.54) is 12.1 Å². The number of hydrogen-bond donors (Lipinski definition) is 0. The highest BCUT2D eigenvalue weighted by atomic mass is 16.5. The molecular weight excluding hydrogens is 220 g/mol. The van der Waals surface area contributed by atoms with Crippen LogP contribution in [0.2, 0.25) is 0 Å². The minimum absolute atomic E-state index is 0.121. The number of nitrogens with zero attached hydrogens (tertiary/aromatic N) is 2. The number of carbonyl (C=O) groups excluding carboxylic acids is 2. The summed E-state index contributed by atoms with van der Waals surface area (Å²) in [5.41, 5.74) is 0.926. The summed E-state index contributed by atoms with van der Waals surface area (Å²) in [6, 6.07) is 9.00. The van der Waals surface area contributed by atoms with Gasteiger partial charge >= 0.3 is 5.97 Å². The topological polar surface area (TPSA) is 59.0 Å². The number of benzene rings is 1. The molecule has 0 atom stereocenters. The molecule has 0 fully saturated rings. The molecule has 0 bridgehead atoms. The second-order valence-electron chi connectivity index (χ2n) is 3.58. The molecule has 0 unspecified atom stereocenters. The van der Waals surface area contributed by atoms with Gasteiger partial charge in [-0.15, -0.1) is 0 Å². The number of rotatable bonds is 2. The Morgan fingerprint density at radius 3 is 2.65 bits per heavy atom. The van der Waals surface area contributed by atoms with Gasteiger partial charge in [0.05, 0.1) is 12.8 Å². The maximum Gasteiger partial charge on any atom is 0.354 e. The Morgan fingerprint density at radius 1 is 1.29 bits per heavy atom. The third-order valence-corrected chi connectivity index (χ3v) is 2.45. The van der Waals surface area contributed by atoms with Gasteiger partial charge in [-0.3, -0.25) is 4.79 Å². The van der Waals surface area contributed by atoms with Gasteiger partial charge in [-0.25, -0.2) is 9.80 Å². The van der Waals surface area contributed by atoms with Gasteiger partial charge in [0.1, 0.15) is 5.71 Å². The van der Waals surface area contributed by atoms with Gasteiger partial charge < -0.3 is 4.74 Å². The molecule has 0 saturated carbocycles. The highest BCUT2D eigenvalue weighted by Crippen LogP contribution is 2.19. The third-order valence-electron chi connectivity index (χ3n) is 2.45. The number of amides is 1. The molecule has 17 heavy (non-hydrogen) atoms. The smallest absolute Gasteiger partial charge is 0.354 e. The number of hydrogen-bond acceptors (Lipinski definition) is 4. The zero-order valence-electron chi connectivity index (χ0n) is 9.42. The van der Waals surface area contributed by atoms with Gasteiger partial charge in [-0.05, 0) is 12.1 Å². The first-order valence-electron chi connectivity index (χ1n) is 5.26. The molecule has 5 heteroatoms. The van der Waals surface area contributed by atoms with Crippen LogP contribution in [0, 0.1) is 0 Å². The molecule has 0 aromatic heterocycles. The largest absolute Gasteiger partial charge is 0.464 e. The van der Waals surface area contributed by atoms with Gasteiger partial charge in [-0.1, -0.05) is 18.2 Å².